The summed E-state index contributed by atoms with van der Waals surface area (Å²) in [6, 6.07) is 9.19. The topological polar surface area (TPSA) is 69.6 Å². The van der Waals surface area contributed by atoms with E-state index in [1.54, 1.807) is 12.1 Å². The number of hydrogen-bond donors (Lipinski definition) is 2. The fourth-order valence-electron chi connectivity index (χ4n) is 3.29. The van der Waals surface area contributed by atoms with Crippen LogP contribution in [0.4, 0.5) is 17.6 Å². The molecule has 2 N–H and O–H groups in total. The van der Waals surface area contributed by atoms with Gasteiger partial charge in [0.2, 0.25) is 0 Å². The van der Waals surface area contributed by atoms with Crippen molar-refractivity contribution in [2.45, 2.75) is 43.4 Å². The average Bonchev–Trinajstić information content (AvgIpc) is 3.45. The Morgan fingerprint density at radius 2 is 1.72 bits per heavy atom. The molecule has 1 aliphatic heterocycles. The van der Waals surface area contributed by atoms with Gasteiger partial charge in [0.1, 0.15) is 5.82 Å². The van der Waals surface area contributed by atoms with E-state index in [1.165, 1.54) is 31.0 Å². The van der Waals surface area contributed by atoms with Gasteiger partial charge in [-0.1, -0.05) is 23.8 Å². The second-order valence-corrected chi connectivity index (χ2v) is 9.70. The van der Waals surface area contributed by atoms with Crippen molar-refractivity contribution in [1.82, 2.24) is 10.2 Å². The Kier molecular flexibility index (Phi) is 7.59. The zero-order valence-electron chi connectivity index (χ0n) is 17.6. The summed E-state index contributed by atoms with van der Waals surface area (Å²) >= 11 is 0. The average molecular weight is 475 g/mol. The molecule has 2 aromatic rings. The molecule has 5 nitrogen and oxygen atoms in total. The van der Waals surface area contributed by atoms with Crippen molar-refractivity contribution in [3.05, 3.63) is 65.0 Å². The highest BCUT2D eigenvalue weighted by Gasteiger charge is 2.33. The number of aryl methyl sites for hydroxylation is 1. The molecule has 4 rings (SSSR count). The molecule has 2 aromatic carbocycles. The van der Waals surface area contributed by atoms with Gasteiger partial charge >= 0.3 is 6.18 Å². The van der Waals surface area contributed by atoms with Crippen LogP contribution in [-0.4, -0.2) is 43.5 Å². The lowest BCUT2D eigenvalue weighted by atomic mass is 10.1. The van der Waals surface area contributed by atoms with Gasteiger partial charge in [-0.2, -0.15) is 21.6 Å². The Bertz CT molecular complexity index is 1020. The van der Waals surface area contributed by atoms with Crippen LogP contribution in [0.5, 0.6) is 0 Å². The molecule has 1 heterocycles. The lowest BCUT2D eigenvalue weighted by Crippen LogP contribution is -2.57. The van der Waals surface area contributed by atoms with Crippen molar-refractivity contribution in [1.29, 1.82) is 0 Å². The van der Waals surface area contributed by atoms with E-state index < -0.39 is 27.7 Å². The van der Waals surface area contributed by atoms with Crippen LogP contribution in [0.1, 0.15) is 29.5 Å². The van der Waals surface area contributed by atoms with Crippen LogP contribution >= 0.6 is 0 Å². The summed E-state index contributed by atoms with van der Waals surface area (Å²) in [4.78, 5) is 2.13. The van der Waals surface area contributed by atoms with Crippen LogP contribution in [0.2, 0.25) is 0 Å². The number of halogens is 4. The van der Waals surface area contributed by atoms with Crippen LogP contribution in [-0.2, 0) is 22.8 Å². The van der Waals surface area contributed by atoms with E-state index in [1.807, 2.05) is 6.92 Å². The van der Waals surface area contributed by atoms with Crippen molar-refractivity contribution in [3.63, 3.8) is 0 Å². The number of nitrogens with one attached hydrogen (secondary N) is 1. The largest absolute Gasteiger partial charge is 0.416 e. The van der Waals surface area contributed by atoms with Crippen LogP contribution in [0.25, 0.3) is 0 Å². The maximum Gasteiger partial charge on any atom is 0.416 e. The van der Waals surface area contributed by atoms with Gasteiger partial charge in [0.25, 0.3) is 10.1 Å². The molecular weight excluding hydrogens is 448 g/mol. The summed E-state index contributed by atoms with van der Waals surface area (Å²) in [6.45, 7) is 4.87. The van der Waals surface area contributed by atoms with Gasteiger partial charge in [-0.3, -0.25) is 9.45 Å². The molecule has 0 radical (unpaired) electrons. The molecule has 32 heavy (non-hydrogen) atoms. The Labute approximate surface area is 185 Å². The molecule has 1 aliphatic carbocycles. The van der Waals surface area contributed by atoms with E-state index in [-0.39, 0.29) is 4.90 Å². The molecule has 1 saturated heterocycles. The molecule has 0 bridgehead atoms. The van der Waals surface area contributed by atoms with E-state index in [2.05, 4.69) is 10.2 Å². The number of hydrogen-bond acceptors (Lipinski definition) is 4. The second-order valence-electron chi connectivity index (χ2n) is 8.28. The maximum atomic E-state index is 13.9. The fraction of sp³-hybridized carbons (Fsp3) is 0.455. The Morgan fingerprint density at radius 3 is 2.16 bits per heavy atom. The first-order valence-electron chi connectivity index (χ1n) is 10.3. The standard InChI is InChI=1S/C15H18F4N2.C7H8O3S/c16-14-5-12(15(17,18)19)4-3-11(14)9-21(8-10-1-2-10)13-6-20-7-13;1-6-2-4-7(5-3-6)11(8,9)10/h3-5,10,13,20H,1-2,6-9H2;2-5H,1H3,(H,8,9,10). The summed E-state index contributed by atoms with van der Waals surface area (Å²) in [6.07, 6.45) is -2.09. The summed E-state index contributed by atoms with van der Waals surface area (Å²) in [5.41, 5.74) is 0.371. The molecule has 0 spiro atoms. The highest BCUT2D eigenvalue weighted by Crippen LogP contribution is 2.33. The quantitative estimate of drug-likeness (QED) is 0.484. The van der Waals surface area contributed by atoms with Gasteiger partial charge < -0.3 is 5.32 Å². The lowest BCUT2D eigenvalue weighted by molar-refractivity contribution is -0.137. The predicted octanol–water partition coefficient (Wildman–Crippen LogP) is 4.27. The Hall–Kier alpha value is -2.01. The minimum absolute atomic E-state index is 0.0666. The van der Waals surface area contributed by atoms with Crippen LogP contribution in [0, 0.1) is 18.7 Å². The van der Waals surface area contributed by atoms with E-state index in [0.29, 0.717) is 30.1 Å². The third-order valence-corrected chi connectivity index (χ3v) is 6.41. The molecule has 176 valence electrons. The third kappa shape index (κ3) is 6.99. The predicted molar refractivity (Wildman–Crippen MR) is 112 cm³/mol. The van der Waals surface area contributed by atoms with E-state index >= 15 is 0 Å². The van der Waals surface area contributed by atoms with E-state index in [9.17, 15) is 26.0 Å². The molecule has 2 fully saturated rings. The number of rotatable bonds is 6. The minimum atomic E-state index is -4.50. The maximum absolute atomic E-state index is 13.9. The summed E-state index contributed by atoms with van der Waals surface area (Å²) in [5.74, 6) is -0.0963. The lowest BCUT2D eigenvalue weighted by Gasteiger charge is -2.38. The van der Waals surface area contributed by atoms with Gasteiger partial charge in [0.15, 0.2) is 0 Å². The van der Waals surface area contributed by atoms with Crippen molar-refractivity contribution in [2.75, 3.05) is 19.6 Å². The van der Waals surface area contributed by atoms with Gasteiger partial charge in [-0.25, -0.2) is 4.39 Å². The third-order valence-electron chi connectivity index (χ3n) is 5.54. The van der Waals surface area contributed by atoms with Gasteiger partial charge in [-0.15, -0.1) is 0 Å². The zero-order chi connectivity index (χ0) is 23.5. The molecule has 2 aliphatic rings. The fourth-order valence-corrected chi connectivity index (χ4v) is 3.77. The first-order chi connectivity index (χ1) is 14.9. The van der Waals surface area contributed by atoms with E-state index in [0.717, 1.165) is 31.3 Å². The molecule has 0 amide bonds. The van der Waals surface area contributed by atoms with Gasteiger partial charge in [0.05, 0.1) is 10.5 Å². The molecule has 1 saturated carbocycles. The van der Waals surface area contributed by atoms with Crippen LogP contribution in [0.15, 0.2) is 47.4 Å². The highest BCUT2D eigenvalue weighted by atomic mass is 32.2. The van der Waals surface area contributed by atoms with Crippen molar-refractivity contribution in [3.8, 4) is 0 Å². The molecule has 0 atom stereocenters. The highest BCUT2D eigenvalue weighted by molar-refractivity contribution is 7.85. The SMILES string of the molecule is Cc1ccc(S(=O)(=O)O)cc1.Fc1cc(C(F)(F)F)ccc1CN(CC1CC1)C1CNC1. The van der Waals surface area contributed by atoms with Crippen molar-refractivity contribution >= 4 is 10.1 Å². The van der Waals surface area contributed by atoms with Gasteiger partial charge in [-0.05, 0) is 49.9 Å². The van der Waals surface area contributed by atoms with Crippen molar-refractivity contribution < 1.29 is 30.5 Å². The molecule has 10 heteroatoms. The first-order valence-corrected chi connectivity index (χ1v) is 11.7. The summed E-state index contributed by atoms with van der Waals surface area (Å²) in [7, 11) is -4.02. The molecular formula is C22H26F4N2O3S. The summed E-state index contributed by atoms with van der Waals surface area (Å²) in [5, 5.41) is 3.18. The number of nitrogens with zero attached hydrogens (tertiary/aromatic N) is 1. The zero-order valence-corrected chi connectivity index (χ0v) is 18.4. The van der Waals surface area contributed by atoms with Crippen molar-refractivity contribution in [2.24, 2.45) is 5.92 Å². The monoisotopic (exact) mass is 474 g/mol. The second kappa shape index (κ2) is 9.86. The van der Waals surface area contributed by atoms with E-state index in [4.69, 9.17) is 4.55 Å². The number of benzene rings is 2. The first kappa shape index (κ1) is 24.6. The summed E-state index contributed by atoms with van der Waals surface area (Å²) < 4.78 is 81.1. The normalized spacial score (nSPS) is 17.0. The molecule has 0 aromatic heterocycles. The van der Waals surface area contributed by atoms with Crippen LogP contribution < -0.4 is 5.32 Å². The number of alkyl halides is 3. The van der Waals surface area contributed by atoms with Crippen LogP contribution in [0.3, 0.4) is 0 Å². The smallest absolute Gasteiger partial charge is 0.314 e. The Morgan fingerprint density at radius 1 is 1.09 bits per heavy atom. The van der Waals surface area contributed by atoms with Gasteiger partial charge in [0, 0.05) is 37.8 Å². The molecule has 0 unspecified atom stereocenters. The Balaban J connectivity index is 0.000000222. The minimum Gasteiger partial charge on any atom is -0.314 e.